The number of fused-ring (bicyclic) bond motifs is 1. The van der Waals surface area contributed by atoms with E-state index in [1.165, 1.54) is 18.2 Å². The van der Waals surface area contributed by atoms with Gasteiger partial charge in [-0.3, -0.25) is 9.48 Å². The second-order valence-corrected chi connectivity index (χ2v) is 9.69. The fourth-order valence-corrected chi connectivity index (χ4v) is 5.34. The summed E-state index contributed by atoms with van der Waals surface area (Å²) in [6, 6.07) is 13.3. The predicted molar refractivity (Wildman–Crippen MR) is 118 cm³/mol. The molecule has 0 aliphatic heterocycles. The predicted octanol–water partition coefficient (Wildman–Crippen LogP) is 3.36. The zero-order chi connectivity index (χ0) is 22.0. The molecule has 1 aliphatic rings. The molecule has 3 aromatic rings. The van der Waals surface area contributed by atoms with E-state index in [-0.39, 0.29) is 34.0 Å². The van der Waals surface area contributed by atoms with E-state index in [0.29, 0.717) is 0 Å². The Balaban J connectivity index is 1.53. The number of nitrogens with one attached hydrogen (secondary N) is 2. The van der Waals surface area contributed by atoms with E-state index in [2.05, 4.69) is 15.1 Å². The van der Waals surface area contributed by atoms with Crippen LogP contribution in [0.15, 0.2) is 59.6 Å². The number of aromatic nitrogens is 2. The molecule has 31 heavy (non-hydrogen) atoms. The lowest BCUT2D eigenvalue weighted by Crippen LogP contribution is -2.31. The number of hydrogen-bond acceptors (Lipinski definition) is 4. The van der Waals surface area contributed by atoms with E-state index in [4.69, 9.17) is 11.6 Å². The van der Waals surface area contributed by atoms with Gasteiger partial charge in [-0.25, -0.2) is 13.1 Å². The summed E-state index contributed by atoms with van der Waals surface area (Å²) in [6.07, 6.45) is 4.46. The lowest BCUT2D eigenvalue weighted by atomic mass is 9.93. The summed E-state index contributed by atoms with van der Waals surface area (Å²) in [6.45, 7) is 0.127. The maximum Gasteiger partial charge on any atom is 0.251 e. The highest BCUT2D eigenvalue weighted by Crippen LogP contribution is 2.30. The van der Waals surface area contributed by atoms with Crippen LogP contribution >= 0.6 is 11.6 Å². The van der Waals surface area contributed by atoms with E-state index in [9.17, 15) is 13.2 Å². The number of rotatable bonds is 6. The molecule has 2 N–H and O–H groups in total. The van der Waals surface area contributed by atoms with Gasteiger partial charge in [0.2, 0.25) is 10.0 Å². The third kappa shape index (κ3) is 4.66. The van der Waals surface area contributed by atoms with Crippen molar-refractivity contribution in [3.8, 4) is 0 Å². The van der Waals surface area contributed by atoms with Crippen LogP contribution in [0.4, 0.5) is 0 Å². The number of aryl methyl sites for hydroxylation is 1. The smallest absolute Gasteiger partial charge is 0.251 e. The molecule has 0 radical (unpaired) electrons. The highest BCUT2D eigenvalue weighted by Gasteiger charge is 2.26. The van der Waals surface area contributed by atoms with Crippen LogP contribution in [0.1, 0.15) is 46.1 Å². The van der Waals surface area contributed by atoms with Crippen molar-refractivity contribution >= 4 is 27.5 Å². The van der Waals surface area contributed by atoms with E-state index in [1.807, 2.05) is 42.1 Å². The van der Waals surface area contributed by atoms with Gasteiger partial charge in [-0.1, -0.05) is 41.9 Å². The molecule has 0 spiro atoms. The van der Waals surface area contributed by atoms with Gasteiger partial charge in [-0.05, 0) is 43.0 Å². The van der Waals surface area contributed by atoms with Crippen molar-refractivity contribution in [2.75, 3.05) is 0 Å². The van der Waals surface area contributed by atoms with Crippen LogP contribution in [-0.4, -0.2) is 24.1 Å². The minimum absolute atomic E-state index is 0.0596. The molecule has 2 aromatic carbocycles. The van der Waals surface area contributed by atoms with Crippen molar-refractivity contribution in [3.05, 3.63) is 82.1 Å². The van der Waals surface area contributed by atoms with E-state index < -0.39 is 10.0 Å². The summed E-state index contributed by atoms with van der Waals surface area (Å²) >= 11 is 6.17. The number of benzene rings is 2. The highest BCUT2D eigenvalue weighted by molar-refractivity contribution is 7.89. The number of carbonyl (C=O) groups is 1. The van der Waals surface area contributed by atoms with Crippen molar-refractivity contribution in [1.82, 2.24) is 19.8 Å². The van der Waals surface area contributed by atoms with Gasteiger partial charge in [0.1, 0.15) is 4.90 Å². The average molecular weight is 459 g/mol. The molecular weight excluding hydrogens is 436 g/mol. The summed E-state index contributed by atoms with van der Waals surface area (Å²) in [7, 11) is -2.01. The van der Waals surface area contributed by atoms with Gasteiger partial charge in [0.25, 0.3) is 5.91 Å². The van der Waals surface area contributed by atoms with Crippen molar-refractivity contribution in [2.24, 2.45) is 7.05 Å². The van der Waals surface area contributed by atoms with Gasteiger partial charge >= 0.3 is 0 Å². The molecule has 0 saturated heterocycles. The Kier molecular flexibility index (Phi) is 6.13. The molecule has 0 bridgehead atoms. The van der Waals surface area contributed by atoms with Gasteiger partial charge in [-0.2, -0.15) is 5.10 Å². The van der Waals surface area contributed by atoms with E-state index >= 15 is 0 Å². The van der Waals surface area contributed by atoms with Crippen LogP contribution < -0.4 is 10.0 Å². The van der Waals surface area contributed by atoms with Crippen molar-refractivity contribution in [1.29, 1.82) is 0 Å². The maximum absolute atomic E-state index is 12.9. The minimum atomic E-state index is -3.90. The topological polar surface area (TPSA) is 93.1 Å². The molecular formula is C22H23ClN4O3S. The largest absolute Gasteiger partial charge is 0.345 e. The first kappa shape index (κ1) is 21.5. The van der Waals surface area contributed by atoms with Crippen LogP contribution in [-0.2, 0) is 30.0 Å². The number of halogens is 1. The Labute approximate surface area is 186 Å². The molecule has 0 fully saturated rings. The van der Waals surface area contributed by atoms with Crippen LogP contribution in [0, 0.1) is 0 Å². The molecule has 9 heteroatoms. The van der Waals surface area contributed by atoms with Gasteiger partial charge in [0.15, 0.2) is 0 Å². The zero-order valence-corrected chi connectivity index (χ0v) is 18.6. The molecule has 1 aromatic heterocycles. The van der Waals surface area contributed by atoms with Crippen molar-refractivity contribution in [3.63, 3.8) is 0 Å². The Morgan fingerprint density at radius 3 is 2.77 bits per heavy atom. The molecule has 4 rings (SSSR count). The summed E-state index contributed by atoms with van der Waals surface area (Å²) < 4.78 is 30.0. The van der Waals surface area contributed by atoms with Crippen LogP contribution in [0.5, 0.6) is 0 Å². The first-order chi connectivity index (χ1) is 14.8. The molecule has 162 valence electrons. The highest BCUT2D eigenvalue weighted by atomic mass is 35.5. The van der Waals surface area contributed by atoms with Crippen LogP contribution in [0.3, 0.4) is 0 Å². The maximum atomic E-state index is 12.9. The number of sulfonamides is 1. The Bertz CT molecular complexity index is 1210. The summed E-state index contributed by atoms with van der Waals surface area (Å²) in [5.74, 6) is -0.349. The quantitative estimate of drug-likeness (QED) is 0.592. The third-order valence-electron chi connectivity index (χ3n) is 5.47. The lowest BCUT2D eigenvalue weighted by molar-refractivity contribution is 0.0932. The van der Waals surface area contributed by atoms with Crippen LogP contribution in [0.25, 0.3) is 0 Å². The normalized spacial score (nSPS) is 16.0. The number of amides is 1. The average Bonchev–Trinajstić information content (AvgIpc) is 3.15. The second-order valence-electron chi connectivity index (χ2n) is 7.54. The monoisotopic (exact) mass is 458 g/mol. The van der Waals surface area contributed by atoms with Gasteiger partial charge in [0.05, 0.1) is 17.3 Å². The summed E-state index contributed by atoms with van der Waals surface area (Å²) in [4.78, 5) is 12.8. The van der Waals surface area contributed by atoms with E-state index in [1.54, 1.807) is 6.20 Å². The standard InChI is InChI=1S/C22H23ClN4O3S/c1-27-20-9-5-8-19(17(20)14-24-27)26-22(28)16-10-11-18(23)21(12-16)31(29,30)25-13-15-6-3-2-4-7-15/h2-4,6-7,10-12,14,19,25H,5,8-9,13H2,1H3,(H,26,28). The number of nitrogens with zero attached hydrogens (tertiary/aromatic N) is 2. The fraction of sp³-hybridized carbons (Fsp3) is 0.273. The lowest BCUT2D eigenvalue weighted by Gasteiger charge is -2.24. The minimum Gasteiger partial charge on any atom is -0.345 e. The summed E-state index contributed by atoms with van der Waals surface area (Å²) in [5.41, 5.74) is 3.18. The Morgan fingerprint density at radius 1 is 1.23 bits per heavy atom. The number of hydrogen-bond donors (Lipinski definition) is 2. The Hall–Kier alpha value is -2.68. The molecule has 1 atom stereocenters. The fourth-order valence-electron chi connectivity index (χ4n) is 3.80. The first-order valence-electron chi connectivity index (χ1n) is 10.00. The SMILES string of the molecule is Cn1ncc2c1CCCC2NC(=O)c1ccc(Cl)c(S(=O)(=O)NCc2ccccc2)c1. The second kappa shape index (κ2) is 8.82. The number of carbonyl (C=O) groups excluding carboxylic acids is 1. The van der Waals surface area contributed by atoms with Crippen LogP contribution in [0.2, 0.25) is 5.02 Å². The molecule has 1 amide bonds. The van der Waals surface area contributed by atoms with Gasteiger partial charge < -0.3 is 5.32 Å². The first-order valence-corrected chi connectivity index (χ1v) is 11.9. The molecule has 0 saturated carbocycles. The molecule has 7 nitrogen and oxygen atoms in total. The summed E-state index contributed by atoms with van der Waals surface area (Å²) in [5, 5.41) is 7.36. The van der Waals surface area contributed by atoms with Crippen molar-refractivity contribution in [2.45, 2.75) is 36.7 Å². The molecule has 1 heterocycles. The van der Waals surface area contributed by atoms with Gasteiger partial charge in [-0.15, -0.1) is 0 Å². The zero-order valence-electron chi connectivity index (χ0n) is 17.0. The third-order valence-corrected chi connectivity index (χ3v) is 7.36. The van der Waals surface area contributed by atoms with Gasteiger partial charge in [0, 0.05) is 30.4 Å². The van der Waals surface area contributed by atoms with Crippen molar-refractivity contribution < 1.29 is 13.2 Å². The van der Waals surface area contributed by atoms with E-state index in [0.717, 1.165) is 36.1 Å². The molecule has 1 unspecified atom stereocenters. The molecule has 1 aliphatic carbocycles. The Morgan fingerprint density at radius 2 is 2.00 bits per heavy atom.